The van der Waals surface area contributed by atoms with Crippen molar-refractivity contribution in [1.82, 2.24) is 9.88 Å². The molecule has 0 spiro atoms. The van der Waals surface area contributed by atoms with E-state index in [-0.39, 0.29) is 5.57 Å². The third kappa shape index (κ3) is 3.53. The second kappa shape index (κ2) is 6.61. The van der Waals surface area contributed by atoms with Crippen molar-refractivity contribution in [3.05, 3.63) is 58.9 Å². The van der Waals surface area contributed by atoms with Gasteiger partial charge in [0.05, 0.1) is 0 Å². The number of nitrogens with one attached hydrogen (secondary N) is 1. The second-order valence-electron chi connectivity index (χ2n) is 4.27. The fraction of sp³-hybridized carbons (Fsp3) is 0. The van der Waals surface area contributed by atoms with Crippen molar-refractivity contribution in [2.24, 2.45) is 5.73 Å². The standard InChI is InChI=1S/C15H11ClN4O2/c16-11-3-5-12(6-4-11)20-7-1-2-13(20)8-10(9-17)14(21)19-15(18)22/h1-8H,(H3,18,19,21,22)/b10-8-. The predicted octanol–water partition coefficient (Wildman–Crippen LogP) is 2.23. The molecule has 3 N–H and O–H groups in total. The molecule has 0 aliphatic carbocycles. The minimum atomic E-state index is -1.01. The smallest absolute Gasteiger partial charge is 0.319 e. The Morgan fingerprint density at radius 2 is 1.95 bits per heavy atom. The van der Waals surface area contributed by atoms with Gasteiger partial charge in [0.25, 0.3) is 5.91 Å². The molecular weight excluding hydrogens is 304 g/mol. The van der Waals surface area contributed by atoms with E-state index in [9.17, 15) is 9.59 Å². The number of imide groups is 1. The molecule has 0 saturated heterocycles. The number of hydrogen-bond donors (Lipinski definition) is 2. The van der Waals surface area contributed by atoms with Crippen molar-refractivity contribution < 1.29 is 9.59 Å². The van der Waals surface area contributed by atoms with Gasteiger partial charge in [-0.2, -0.15) is 5.26 Å². The molecule has 7 heteroatoms. The van der Waals surface area contributed by atoms with E-state index in [1.807, 2.05) is 5.32 Å². The maximum atomic E-state index is 11.7. The number of aromatic nitrogens is 1. The zero-order valence-electron chi connectivity index (χ0n) is 11.3. The van der Waals surface area contributed by atoms with Gasteiger partial charge >= 0.3 is 6.03 Å². The Labute approximate surface area is 131 Å². The normalized spacial score (nSPS) is 10.8. The highest BCUT2D eigenvalue weighted by atomic mass is 35.5. The molecule has 0 radical (unpaired) electrons. The van der Waals surface area contributed by atoms with Gasteiger partial charge in [0.1, 0.15) is 11.6 Å². The molecule has 0 atom stereocenters. The average Bonchev–Trinajstić information content (AvgIpc) is 2.92. The van der Waals surface area contributed by atoms with E-state index in [2.05, 4.69) is 0 Å². The summed E-state index contributed by atoms with van der Waals surface area (Å²) in [6.07, 6.45) is 3.14. The van der Waals surface area contributed by atoms with Crippen molar-refractivity contribution in [2.45, 2.75) is 0 Å². The molecule has 3 amide bonds. The van der Waals surface area contributed by atoms with Crippen molar-refractivity contribution in [2.75, 3.05) is 0 Å². The van der Waals surface area contributed by atoms with Gasteiger partial charge in [-0.25, -0.2) is 4.79 Å². The molecule has 22 heavy (non-hydrogen) atoms. The lowest BCUT2D eigenvalue weighted by atomic mass is 10.2. The van der Waals surface area contributed by atoms with E-state index >= 15 is 0 Å². The molecule has 6 nitrogen and oxygen atoms in total. The molecule has 0 aliphatic rings. The van der Waals surface area contributed by atoms with Crippen LogP contribution in [0.15, 0.2) is 48.2 Å². The summed E-state index contributed by atoms with van der Waals surface area (Å²) in [4.78, 5) is 22.4. The van der Waals surface area contributed by atoms with Crippen LogP contribution in [-0.2, 0) is 4.79 Å². The lowest BCUT2D eigenvalue weighted by Gasteiger charge is -2.07. The minimum absolute atomic E-state index is 0.229. The Bertz CT molecular complexity index is 785. The molecular formula is C15H11ClN4O2. The van der Waals surface area contributed by atoms with Crippen LogP contribution < -0.4 is 11.1 Å². The number of amides is 3. The fourth-order valence-electron chi connectivity index (χ4n) is 1.82. The highest BCUT2D eigenvalue weighted by Gasteiger charge is 2.12. The van der Waals surface area contributed by atoms with Crippen LogP contribution in [0.4, 0.5) is 4.79 Å². The second-order valence-corrected chi connectivity index (χ2v) is 4.70. The first-order valence-electron chi connectivity index (χ1n) is 6.17. The van der Waals surface area contributed by atoms with Gasteiger partial charge in [0.15, 0.2) is 0 Å². The maximum absolute atomic E-state index is 11.7. The zero-order chi connectivity index (χ0) is 16.1. The van der Waals surface area contributed by atoms with Crippen LogP contribution in [0.25, 0.3) is 11.8 Å². The molecule has 0 unspecified atom stereocenters. The van der Waals surface area contributed by atoms with Gasteiger partial charge in [0, 0.05) is 22.6 Å². The summed E-state index contributed by atoms with van der Waals surface area (Å²) < 4.78 is 1.77. The number of nitrogens with zero attached hydrogens (tertiary/aromatic N) is 2. The summed E-state index contributed by atoms with van der Waals surface area (Å²) in [5.41, 5.74) is 6.05. The van der Waals surface area contributed by atoms with E-state index in [1.165, 1.54) is 6.08 Å². The maximum Gasteiger partial charge on any atom is 0.319 e. The number of nitrogens with two attached hydrogens (primary N) is 1. The monoisotopic (exact) mass is 314 g/mol. The van der Waals surface area contributed by atoms with Crippen LogP contribution >= 0.6 is 11.6 Å². The molecule has 1 aromatic heterocycles. The van der Waals surface area contributed by atoms with Gasteiger partial charge < -0.3 is 10.3 Å². The van der Waals surface area contributed by atoms with E-state index in [4.69, 9.17) is 22.6 Å². The topological polar surface area (TPSA) is 101 Å². The highest BCUT2D eigenvalue weighted by molar-refractivity contribution is 6.30. The lowest BCUT2D eigenvalue weighted by Crippen LogP contribution is -2.35. The van der Waals surface area contributed by atoms with Crippen molar-refractivity contribution in [1.29, 1.82) is 5.26 Å². The van der Waals surface area contributed by atoms with Gasteiger partial charge in [0.2, 0.25) is 0 Å². The van der Waals surface area contributed by atoms with E-state index in [0.29, 0.717) is 10.7 Å². The third-order valence-corrected chi connectivity index (χ3v) is 3.03. The van der Waals surface area contributed by atoms with Gasteiger partial charge in [-0.05, 0) is 42.5 Å². The number of halogens is 1. The summed E-state index contributed by atoms with van der Waals surface area (Å²) in [6.45, 7) is 0. The molecule has 0 aliphatic heterocycles. The number of rotatable bonds is 3. The average molecular weight is 315 g/mol. The molecule has 0 bridgehead atoms. The molecule has 0 fully saturated rings. The minimum Gasteiger partial charge on any atom is -0.351 e. The molecule has 1 aromatic carbocycles. The van der Waals surface area contributed by atoms with Crippen LogP contribution in [-0.4, -0.2) is 16.5 Å². The summed E-state index contributed by atoms with van der Waals surface area (Å²) in [7, 11) is 0. The Morgan fingerprint density at radius 3 is 2.55 bits per heavy atom. The highest BCUT2D eigenvalue weighted by Crippen LogP contribution is 2.18. The van der Waals surface area contributed by atoms with Crippen LogP contribution in [0.3, 0.4) is 0 Å². The molecule has 2 aromatic rings. The van der Waals surface area contributed by atoms with Crippen molar-refractivity contribution in [3.8, 4) is 11.8 Å². The predicted molar refractivity (Wildman–Crippen MR) is 82.1 cm³/mol. The number of benzene rings is 1. The SMILES string of the molecule is N#C/C(=C/c1cccn1-c1ccc(Cl)cc1)C(=O)NC(N)=O. The summed E-state index contributed by atoms with van der Waals surface area (Å²) in [6, 6.07) is 11.3. The molecule has 110 valence electrons. The lowest BCUT2D eigenvalue weighted by molar-refractivity contribution is -0.115. The molecule has 0 saturated carbocycles. The van der Waals surface area contributed by atoms with E-state index in [0.717, 1.165) is 5.69 Å². The summed E-state index contributed by atoms with van der Waals surface area (Å²) in [5.74, 6) is -0.848. The first kappa shape index (κ1) is 15.4. The largest absolute Gasteiger partial charge is 0.351 e. The fourth-order valence-corrected chi connectivity index (χ4v) is 1.95. The third-order valence-electron chi connectivity index (χ3n) is 2.78. The quantitative estimate of drug-likeness (QED) is 0.671. The number of hydrogen-bond acceptors (Lipinski definition) is 3. The summed E-state index contributed by atoms with van der Waals surface area (Å²) in [5, 5.41) is 11.5. The van der Waals surface area contributed by atoms with Crippen LogP contribution in [0.2, 0.25) is 5.02 Å². The Hall–Kier alpha value is -3.04. The number of urea groups is 1. The number of carbonyl (C=O) groups is 2. The van der Waals surface area contributed by atoms with Crippen molar-refractivity contribution >= 4 is 29.6 Å². The Kier molecular flexibility index (Phi) is 4.61. The van der Waals surface area contributed by atoms with Crippen LogP contribution in [0.1, 0.15) is 5.69 Å². The Balaban J connectivity index is 2.38. The van der Waals surface area contributed by atoms with Crippen LogP contribution in [0.5, 0.6) is 0 Å². The van der Waals surface area contributed by atoms with E-state index < -0.39 is 11.9 Å². The van der Waals surface area contributed by atoms with E-state index in [1.54, 1.807) is 53.2 Å². The molecule has 1 heterocycles. The first-order chi connectivity index (χ1) is 10.5. The Morgan fingerprint density at radius 1 is 1.27 bits per heavy atom. The van der Waals surface area contributed by atoms with Gasteiger partial charge in [-0.1, -0.05) is 11.6 Å². The van der Waals surface area contributed by atoms with Crippen LogP contribution in [0, 0.1) is 11.3 Å². The van der Waals surface area contributed by atoms with Crippen molar-refractivity contribution in [3.63, 3.8) is 0 Å². The van der Waals surface area contributed by atoms with Gasteiger partial charge in [-0.3, -0.25) is 10.1 Å². The summed E-state index contributed by atoms with van der Waals surface area (Å²) >= 11 is 5.85. The number of primary amides is 1. The number of carbonyl (C=O) groups excluding carboxylic acids is 2. The zero-order valence-corrected chi connectivity index (χ0v) is 12.0. The molecule has 2 rings (SSSR count). The van der Waals surface area contributed by atoms with Gasteiger partial charge in [-0.15, -0.1) is 0 Å². The first-order valence-corrected chi connectivity index (χ1v) is 6.55. The number of nitriles is 1.